The highest BCUT2D eigenvalue weighted by molar-refractivity contribution is 5.96. The average Bonchev–Trinajstić information content (AvgIpc) is 2.70. The smallest absolute Gasteiger partial charge is 0.344 e. The number of hydrogen-bond acceptors (Lipinski definition) is 5. The van der Waals surface area contributed by atoms with Crippen molar-refractivity contribution >= 4 is 11.6 Å². The summed E-state index contributed by atoms with van der Waals surface area (Å²) in [7, 11) is 0. The number of nitrogens with one attached hydrogen (secondary N) is 1. The molecule has 0 saturated heterocycles. The zero-order valence-electron chi connectivity index (χ0n) is 10.9. The van der Waals surface area contributed by atoms with E-state index >= 15 is 0 Å². The monoisotopic (exact) mass is 255 g/mol. The van der Waals surface area contributed by atoms with Crippen LogP contribution in [0, 0.1) is 16.0 Å². The molecular weight excluding hydrogens is 238 g/mol. The van der Waals surface area contributed by atoms with Gasteiger partial charge in [0, 0.05) is 12.5 Å². The fraction of sp³-hybridized carbons (Fsp3) is 0.636. The van der Waals surface area contributed by atoms with Crippen LogP contribution in [0.2, 0.25) is 0 Å². The molecule has 1 aromatic heterocycles. The molecule has 0 aliphatic heterocycles. The van der Waals surface area contributed by atoms with E-state index in [0.29, 0.717) is 6.54 Å². The summed E-state index contributed by atoms with van der Waals surface area (Å²) < 4.78 is 4.89. The molecule has 100 valence electrons. The maximum Gasteiger partial charge on any atom is 0.344 e. The molecule has 7 heteroatoms. The van der Waals surface area contributed by atoms with E-state index in [1.807, 2.05) is 13.8 Å². The summed E-state index contributed by atoms with van der Waals surface area (Å²) in [5, 5.41) is 17.1. The van der Waals surface area contributed by atoms with Crippen LogP contribution in [0.4, 0.5) is 5.69 Å². The first-order chi connectivity index (χ1) is 8.34. The third-order valence-corrected chi connectivity index (χ3v) is 2.29. The van der Waals surface area contributed by atoms with Gasteiger partial charge < -0.3 is 9.84 Å². The van der Waals surface area contributed by atoms with Crippen molar-refractivity contribution in [2.45, 2.75) is 33.6 Å². The summed E-state index contributed by atoms with van der Waals surface area (Å²) in [6.45, 7) is 7.76. The lowest BCUT2D eigenvalue weighted by atomic mass is 10.1. The van der Waals surface area contributed by atoms with Crippen LogP contribution in [0.1, 0.15) is 49.9 Å². The normalized spacial score (nSPS) is 11.0. The fourth-order valence-electron chi connectivity index (χ4n) is 1.38. The Morgan fingerprint density at radius 2 is 2.06 bits per heavy atom. The highest BCUT2D eigenvalue weighted by Crippen LogP contribution is 2.29. The second kappa shape index (κ2) is 5.61. The zero-order valence-corrected chi connectivity index (χ0v) is 10.9. The number of nitro groups is 1. The van der Waals surface area contributed by atoms with Gasteiger partial charge >= 0.3 is 5.69 Å². The zero-order chi connectivity index (χ0) is 13.9. The average molecular weight is 255 g/mol. The van der Waals surface area contributed by atoms with Gasteiger partial charge in [0.15, 0.2) is 0 Å². The first-order valence-electron chi connectivity index (χ1n) is 5.76. The summed E-state index contributed by atoms with van der Waals surface area (Å²) in [5.74, 6) is -0.408. The van der Waals surface area contributed by atoms with Gasteiger partial charge in [0.2, 0.25) is 11.5 Å². The SMILES string of the molecule is CC(C)CNC(=O)c1noc(C(C)C)c1[N+](=O)[O-]. The first kappa shape index (κ1) is 14.1. The molecular formula is C11H17N3O4. The van der Waals surface area contributed by atoms with Gasteiger partial charge in [0.05, 0.1) is 4.92 Å². The van der Waals surface area contributed by atoms with Crippen LogP contribution in [0.5, 0.6) is 0 Å². The van der Waals surface area contributed by atoms with Gasteiger partial charge in [0.25, 0.3) is 5.91 Å². The Labute approximate surface area is 105 Å². The van der Waals surface area contributed by atoms with E-state index in [1.165, 1.54) is 0 Å². The molecule has 1 rings (SSSR count). The van der Waals surface area contributed by atoms with Gasteiger partial charge in [0.1, 0.15) is 0 Å². The van der Waals surface area contributed by atoms with Crippen molar-refractivity contribution in [1.29, 1.82) is 0 Å². The lowest BCUT2D eigenvalue weighted by molar-refractivity contribution is -0.386. The molecule has 7 nitrogen and oxygen atoms in total. The van der Waals surface area contributed by atoms with E-state index in [4.69, 9.17) is 4.52 Å². The van der Waals surface area contributed by atoms with Crippen molar-refractivity contribution in [2.24, 2.45) is 5.92 Å². The third-order valence-electron chi connectivity index (χ3n) is 2.29. The van der Waals surface area contributed by atoms with Crippen LogP contribution >= 0.6 is 0 Å². The molecule has 0 aromatic carbocycles. The highest BCUT2D eigenvalue weighted by Gasteiger charge is 2.32. The molecule has 0 aliphatic carbocycles. The molecule has 0 radical (unpaired) electrons. The fourth-order valence-corrected chi connectivity index (χ4v) is 1.38. The lowest BCUT2D eigenvalue weighted by Crippen LogP contribution is -2.28. The minimum Gasteiger partial charge on any atom is -0.353 e. The van der Waals surface area contributed by atoms with Crippen molar-refractivity contribution < 1.29 is 14.2 Å². The Bertz CT molecular complexity index is 451. The molecule has 0 aliphatic rings. The van der Waals surface area contributed by atoms with Crippen molar-refractivity contribution in [1.82, 2.24) is 10.5 Å². The second-order valence-corrected chi connectivity index (χ2v) is 4.76. The Kier molecular flexibility index (Phi) is 4.41. The van der Waals surface area contributed by atoms with Crippen LogP contribution in [-0.4, -0.2) is 22.5 Å². The number of amides is 1. The van der Waals surface area contributed by atoms with E-state index in [0.717, 1.165) is 0 Å². The maximum atomic E-state index is 11.8. The molecule has 0 saturated carbocycles. The van der Waals surface area contributed by atoms with Crippen molar-refractivity contribution in [3.63, 3.8) is 0 Å². The van der Waals surface area contributed by atoms with Crippen LogP contribution < -0.4 is 5.32 Å². The predicted molar refractivity (Wildman–Crippen MR) is 64.4 cm³/mol. The highest BCUT2D eigenvalue weighted by atomic mass is 16.6. The maximum absolute atomic E-state index is 11.8. The van der Waals surface area contributed by atoms with Crippen LogP contribution in [0.25, 0.3) is 0 Å². The summed E-state index contributed by atoms with van der Waals surface area (Å²) in [6.07, 6.45) is 0. The van der Waals surface area contributed by atoms with Gasteiger partial charge in [-0.05, 0) is 5.92 Å². The summed E-state index contributed by atoms with van der Waals surface area (Å²) in [6, 6.07) is 0. The number of nitrogens with zero attached hydrogens (tertiary/aromatic N) is 2. The van der Waals surface area contributed by atoms with Crippen LogP contribution in [0.15, 0.2) is 4.52 Å². The molecule has 0 fully saturated rings. The number of rotatable bonds is 5. The minimum atomic E-state index is -0.629. The molecule has 0 spiro atoms. The van der Waals surface area contributed by atoms with E-state index < -0.39 is 10.8 Å². The Morgan fingerprint density at radius 3 is 2.50 bits per heavy atom. The van der Waals surface area contributed by atoms with Gasteiger partial charge in [-0.3, -0.25) is 14.9 Å². The van der Waals surface area contributed by atoms with Crippen molar-refractivity contribution in [2.75, 3.05) is 6.54 Å². The van der Waals surface area contributed by atoms with Gasteiger partial charge in [-0.1, -0.05) is 32.9 Å². The van der Waals surface area contributed by atoms with Gasteiger partial charge in [-0.25, -0.2) is 0 Å². The number of hydrogen-bond donors (Lipinski definition) is 1. The van der Waals surface area contributed by atoms with Crippen molar-refractivity contribution in [3.8, 4) is 0 Å². The molecule has 1 N–H and O–H groups in total. The second-order valence-electron chi connectivity index (χ2n) is 4.76. The lowest BCUT2D eigenvalue weighted by Gasteiger charge is -2.05. The Hall–Kier alpha value is -1.92. The molecule has 18 heavy (non-hydrogen) atoms. The largest absolute Gasteiger partial charge is 0.353 e. The van der Waals surface area contributed by atoms with Gasteiger partial charge in [-0.2, -0.15) is 0 Å². The summed E-state index contributed by atoms with van der Waals surface area (Å²) in [4.78, 5) is 22.1. The van der Waals surface area contributed by atoms with E-state index in [2.05, 4.69) is 10.5 Å². The molecule has 1 heterocycles. The first-order valence-corrected chi connectivity index (χ1v) is 5.76. The summed E-state index contributed by atoms with van der Waals surface area (Å²) in [5.41, 5.74) is -0.601. The van der Waals surface area contributed by atoms with Gasteiger partial charge in [-0.15, -0.1) is 0 Å². The standard InChI is InChI=1S/C11H17N3O4/c1-6(2)5-12-11(15)8-9(14(16)17)10(7(3)4)18-13-8/h6-7H,5H2,1-4H3,(H,12,15). The molecule has 0 bridgehead atoms. The molecule has 1 aromatic rings. The van der Waals surface area contributed by atoms with E-state index in [9.17, 15) is 14.9 Å². The molecule has 0 unspecified atom stereocenters. The molecule has 1 amide bonds. The van der Waals surface area contributed by atoms with E-state index in [-0.39, 0.29) is 29.0 Å². The third kappa shape index (κ3) is 3.06. The molecule has 0 atom stereocenters. The number of carbonyl (C=O) groups is 1. The summed E-state index contributed by atoms with van der Waals surface area (Å²) >= 11 is 0. The minimum absolute atomic E-state index is 0.120. The van der Waals surface area contributed by atoms with Crippen molar-refractivity contribution in [3.05, 3.63) is 21.6 Å². The number of aromatic nitrogens is 1. The van der Waals surface area contributed by atoms with E-state index in [1.54, 1.807) is 13.8 Å². The Morgan fingerprint density at radius 1 is 1.44 bits per heavy atom. The van der Waals surface area contributed by atoms with Crippen LogP contribution in [0.3, 0.4) is 0 Å². The van der Waals surface area contributed by atoms with Crippen LogP contribution in [-0.2, 0) is 0 Å². The number of carbonyl (C=O) groups excluding carboxylic acids is 1. The quantitative estimate of drug-likeness (QED) is 0.641. The topological polar surface area (TPSA) is 98.3 Å². The Balaban J connectivity index is 3.02. The predicted octanol–water partition coefficient (Wildman–Crippen LogP) is 2.09.